The van der Waals surface area contributed by atoms with E-state index in [9.17, 15) is 14.7 Å². The second kappa shape index (κ2) is 4.80. The SMILES string of the molecule is CC1(C)C(=O)/C(=C\O)C[C@]2(C)C(=O)c3cnn(C(C)(C)C)c3C[C@@H]12. The number of fused-ring (bicyclic) bond motifs is 2. The number of carbonyl (C=O) groups is 2. The average Bonchev–Trinajstić information content (AvgIpc) is 2.90. The van der Waals surface area contributed by atoms with E-state index in [0.29, 0.717) is 17.6 Å². The molecular weight excluding hydrogens is 304 g/mol. The first-order valence-electron chi connectivity index (χ1n) is 8.45. The van der Waals surface area contributed by atoms with Gasteiger partial charge in [0.25, 0.3) is 0 Å². The second-order valence-electron chi connectivity index (χ2n) is 8.97. The monoisotopic (exact) mass is 330 g/mol. The van der Waals surface area contributed by atoms with Gasteiger partial charge >= 0.3 is 0 Å². The minimum atomic E-state index is -0.706. The van der Waals surface area contributed by atoms with Crippen molar-refractivity contribution in [2.75, 3.05) is 0 Å². The Kier molecular flexibility index (Phi) is 3.39. The van der Waals surface area contributed by atoms with Crippen LogP contribution in [0.4, 0.5) is 0 Å². The molecule has 0 spiro atoms. The molecule has 1 N–H and O–H groups in total. The van der Waals surface area contributed by atoms with E-state index in [1.807, 2.05) is 25.5 Å². The molecule has 0 bridgehead atoms. The Balaban J connectivity index is 2.20. The van der Waals surface area contributed by atoms with Gasteiger partial charge in [0.1, 0.15) is 0 Å². The van der Waals surface area contributed by atoms with Crippen LogP contribution in [-0.4, -0.2) is 26.5 Å². The molecule has 0 aromatic carbocycles. The maximum atomic E-state index is 13.3. The average molecular weight is 330 g/mol. The summed E-state index contributed by atoms with van der Waals surface area (Å²) in [6.07, 6.45) is 3.48. The molecule has 1 aromatic heterocycles. The van der Waals surface area contributed by atoms with Crippen LogP contribution in [0.1, 0.15) is 64.0 Å². The maximum absolute atomic E-state index is 13.3. The van der Waals surface area contributed by atoms with Crippen LogP contribution in [0.2, 0.25) is 0 Å². The van der Waals surface area contributed by atoms with Crippen LogP contribution in [0.15, 0.2) is 18.0 Å². The lowest BCUT2D eigenvalue weighted by Gasteiger charge is -2.51. The van der Waals surface area contributed by atoms with Gasteiger partial charge in [-0.25, -0.2) is 0 Å². The highest BCUT2D eigenvalue weighted by Gasteiger charge is 2.59. The van der Waals surface area contributed by atoms with Crippen molar-refractivity contribution in [1.82, 2.24) is 9.78 Å². The smallest absolute Gasteiger partial charge is 0.172 e. The first-order valence-corrected chi connectivity index (χ1v) is 8.45. The first kappa shape index (κ1) is 16.9. The van der Waals surface area contributed by atoms with Crippen molar-refractivity contribution in [2.24, 2.45) is 16.7 Å². The summed E-state index contributed by atoms with van der Waals surface area (Å²) in [5, 5.41) is 13.9. The Hall–Kier alpha value is -1.91. The number of aromatic nitrogens is 2. The van der Waals surface area contributed by atoms with Crippen molar-refractivity contribution >= 4 is 11.6 Å². The molecule has 0 aliphatic heterocycles. The molecule has 130 valence electrons. The molecule has 0 saturated heterocycles. The number of carbonyl (C=O) groups excluding carboxylic acids is 2. The van der Waals surface area contributed by atoms with Crippen molar-refractivity contribution in [1.29, 1.82) is 0 Å². The normalized spacial score (nSPS) is 31.1. The van der Waals surface area contributed by atoms with Crippen LogP contribution in [0.5, 0.6) is 0 Å². The summed E-state index contributed by atoms with van der Waals surface area (Å²) in [7, 11) is 0. The largest absolute Gasteiger partial charge is 0.515 e. The van der Waals surface area contributed by atoms with E-state index in [-0.39, 0.29) is 29.4 Å². The van der Waals surface area contributed by atoms with Crippen LogP contribution < -0.4 is 0 Å². The van der Waals surface area contributed by atoms with Gasteiger partial charge in [0.05, 0.1) is 29.3 Å². The highest BCUT2D eigenvalue weighted by atomic mass is 16.2. The van der Waals surface area contributed by atoms with E-state index in [1.54, 1.807) is 6.20 Å². The van der Waals surface area contributed by atoms with Crippen molar-refractivity contribution in [2.45, 2.75) is 59.9 Å². The number of nitrogens with zero attached hydrogens (tertiary/aromatic N) is 2. The lowest BCUT2D eigenvalue weighted by Crippen LogP contribution is -2.55. The zero-order chi connectivity index (χ0) is 18.1. The second-order valence-corrected chi connectivity index (χ2v) is 8.97. The Morgan fingerprint density at radius 2 is 1.88 bits per heavy atom. The summed E-state index contributed by atoms with van der Waals surface area (Å²) in [5.74, 6) is -0.145. The Morgan fingerprint density at radius 1 is 1.25 bits per heavy atom. The fraction of sp³-hybridized carbons (Fsp3) is 0.632. The van der Waals surface area contributed by atoms with Crippen molar-refractivity contribution < 1.29 is 14.7 Å². The van der Waals surface area contributed by atoms with Crippen molar-refractivity contribution in [3.8, 4) is 0 Å². The number of hydrogen-bond donors (Lipinski definition) is 1. The molecule has 0 unspecified atom stereocenters. The summed E-state index contributed by atoms with van der Waals surface area (Å²) < 4.78 is 1.91. The molecule has 0 amide bonds. The summed E-state index contributed by atoms with van der Waals surface area (Å²) in [5.41, 5.74) is 0.310. The quantitative estimate of drug-likeness (QED) is 0.584. The minimum Gasteiger partial charge on any atom is -0.515 e. The van der Waals surface area contributed by atoms with E-state index in [0.717, 1.165) is 12.0 Å². The Labute approximate surface area is 142 Å². The van der Waals surface area contributed by atoms with E-state index < -0.39 is 10.8 Å². The Bertz CT molecular complexity index is 764. The van der Waals surface area contributed by atoms with Gasteiger partial charge in [-0.3, -0.25) is 14.3 Å². The predicted molar refractivity (Wildman–Crippen MR) is 91.0 cm³/mol. The van der Waals surface area contributed by atoms with Crippen molar-refractivity contribution in [3.05, 3.63) is 29.3 Å². The molecule has 3 rings (SSSR count). The molecule has 1 aromatic rings. The predicted octanol–water partition coefficient (Wildman–Crippen LogP) is 3.44. The standard InChI is InChI=1S/C19H26N2O3/c1-17(2,3)21-13-7-14-18(4,5)15(23)11(10-22)8-19(14,6)16(24)12(13)9-20-21/h9-10,14,22H,7-8H2,1-6H3/b11-10-/t14-,19-/m0/s1. The number of hydrogen-bond acceptors (Lipinski definition) is 4. The summed E-state index contributed by atoms with van der Waals surface area (Å²) >= 11 is 0. The van der Waals surface area contributed by atoms with Gasteiger partial charge in [-0.2, -0.15) is 5.10 Å². The van der Waals surface area contributed by atoms with Crippen LogP contribution in [0.25, 0.3) is 0 Å². The van der Waals surface area contributed by atoms with Crippen LogP contribution in [0.3, 0.4) is 0 Å². The topological polar surface area (TPSA) is 72.2 Å². The zero-order valence-electron chi connectivity index (χ0n) is 15.3. The number of ketones is 2. The molecule has 0 radical (unpaired) electrons. The number of rotatable bonds is 0. The highest BCUT2D eigenvalue weighted by Crippen LogP contribution is 2.56. The fourth-order valence-electron chi connectivity index (χ4n) is 4.63. The maximum Gasteiger partial charge on any atom is 0.172 e. The third kappa shape index (κ3) is 2.03. The number of Topliss-reactive ketones (excluding diaryl/α,β-unsaturated/α-hetero) is 2. The first-order chi connectivity index (χ1) is 10.9. The zero-order valence-corrected chi connectivity index (χ0v) is 15.3. The van der Waals surface area contributed by atoms with Gasteiger partial charge in [0.15, 0.2) is 11.6 Å². The van der Waals surface area contributed by atoms with Gasteiger partial charge in [0.2, 0.25) is 0 Å². The van der Waals surface area contributed by atoms with E-state index in [4.69, 9.17) is 0 Å². The van der Waals surface area contributed by atoms with Gasteiger partial charge in [-0.15, -0.1) is 0 Å². The van der Waals surface area contributed by atoms with Crippen LogP contribution in [0, 0.1) is 16.7 Å². The molecule has 1 fully saturated rings. The molecule has 2 aliphatic rings. The summed E-state index contributed by atoms with van der Waals surface area (Å²) in [6.45, 7) is 11.9. The number of aliphatic hydroxyl groups excluding tert-OH is 1. The molecular formula is C19H26N2O3. The molecule has 1 heterocycles. The van der Waals surface area contributed by atoms with Gasteiger partial charge in [-0.1, -0.05) is 20.8 Å². The summed E-state index contributed by atoms with van der Waals surface area (Å²) in [4.78, 5) is 26.0. The van der Waals surface area contributed by atoms with Crippen molar-refractivity contribution in [3.63, 3.8) is 0 Å². The van der Waals surface area contributed by atoms with Crippen LogP contribution >= 0.6 is 0 Å². The van der Waals surface area contributed by atoms with Gasteiger partial charge in [0, 0.05) is 16.4 Å². The van der Waals surface area contributed by atoms with Gasteiger partial charge in [-0.05, 0) is 39.5 Å². The molecule has 5 heteroatoms. The minimum absolute atomic E-state index is 0.0316. The molecule has 24 heavy (non-hydrogen) atoms. The van der Waals surface area contributed by atoms with Gasteiger partial charge < -0.3 is 5.11 Å². The lowest BCUT2D eigenvalue weighted by molar-refractivity contribution is -0.132. The molecule has 2 aliphatic carbocycles. The summed E-state index contributed by atoms with van der Waals surface area (Å²) in [6, 6.07) is 0. The third-order valence-corrected chi connectivity index (χ3v) is 5.90. The highest BCUT2D eigenvalue weighted by molar-refractivity contribution is 6.08. The van der Waals surface area contributed by atoms with E-state index in [1.165, 1.54) is 0 Å². The molecule has 5 nitrogen and oxygen atoms in total. The van der Waals surface area contributed by atoms with E-state index in [2.05, 4.69) is 25.9 Å². The fourth-order valence-corrected chi connectivity index (χ4v) is 4.63. The number of aliphatic hydroxyl groups is 1. The number of allylic oxidation sites excluding steroid dienone is 1. The third-order valence-electron chi connectivity index (χ3n) is 5.90. The molecule has 1 saturated carbocycles. The Morgan fingerprint density at radius 3 is 2.42 bits per heavy atom. The van der Waals surface area contributed by atoms with Crippen LogP contribution in [-0.2, 0) is 16.8 Å². The van der Waals surface area contributed by atoms with E-state index >= 15 is 0 Å². The molecule has 2 atom stereocenters. The lowest BCUT2D eigenvalue weighted by atomic mass is 9.50.